The molecule has 0 aliphatic rings. The summed E-state index contributed by atoms with van der Waals surface area (Å²) < 4.78 is 1.90. The molecule has 20 heavy (non-hydrogen) atoms. The maximum absolute atomic E-state index is 8.85. The van der Waals surface area contributed by atoms with Crippen LogP contribution < -0.4 is 5.73 Å². The Labute approximate surface area is 115 Å². The van der Waals surface area contributed by atoms with Gasteiger partial charge in [0, 0.05) is 10.9 Å². The number of fused-ring (bicyclic) bond motifs is 1. The molecule has 1 aromatic heterocycles. The Morgan fingerprint density at radius 1 is 1.15 bits per heavy atom. The predicted molar refractivity (Wildman–Crippen MR) is 77.8 cm³/mol. The van der Waals surface area contributed by atoms with Crippen LogP contribution in [0.2, 0.25) is 0 Å². The number of hydrogen-bond donors (Lipinski definition) is 2. The van der Waals surface area contributed by atoms with Crippen molar-refractivity contribution in [3.8, 4) is 0 Å². The van der Waals surface area contributed by atoms with E-state index < -0.39 is 0 Å². The minimum Gasteiger partial charge on any atom is -0.409 e. The van der Waals surface area contributed by atoms with Crippen LogP contribution in [0.1, 0.15) is 11.1 Å². The predicted octanol–water partition coefficient (Wildman–Crippen LogP) is 2.18. The Hall–Kier alpha value is -2.82. The van der Waals surface area contributed by atoms with Gasteiger partial charge in [0.15, 0.2) is 5.84 Å². The minimum absolute atomic E-state index is 0.108. The third kappa shape index (κ3) is 2.09. The van der Waals surface area contributed by atoms with E-state index in [0.29, 0.717) is 6.54 Å². The molecule has 0 aliphatic carbocycles. The SMILES string of the molecule is NC(=NO)c1ccccc1Cn1ncc2ccccc21. The van der Waals surface area contributed by atoms with Gasteiger partial charge in [-0.3, -0.25) is 4.68 Å². The van der Waals surface area contributed by atoms with Crippen molar-refractivity contribution in [3.63, 3.8) is 0 Å². The molecule has 0 amide bonds. The van der Waals surface area contributed by atoms with E-state index in [9.17, 15) is 0 Å². The Bertz CT molecular complexity index is 776. The monoisotopic (exact) mass is 266 g/mol. The Morgan fingerprint density at radius 3 is 2.75 bits per heavy atom. The van der Waals surface area contributed by atoms with Gasteiger partial charge in [-0.1, -0.05) is 47.6 Å². The van der Waals surface area contributed by atoms with E-state index in [1.54, 1.807) is 0 Å². The number of nitrogens with zero attached hydrogens (tertiary/aromatic N) is 3. The average molecular weight is 266 g/mol. The number of aromatic nitrogens is 2. The van der Waals surface area contributed by atoms with Crippen LogP contribution >= 0.6 is 0 Å². The van der Waals surface area contributed by atoms with Gasteiger partial charge in [-0.2, -0.15) is 5.10 Å². The van der Waals surface area contributed by atoms with Crippen LogP contribution in [0.25, 0.3) is 10.9 Å². The molecule has 3 N–H and O–H groups in total. The molecule has 5 heteroatoms. The minimum atomic E-state index is 0.108. The Morgan fingerprint density at radius 2 is 1.90 bits per heavy atom. The van der Waals surface area contributed by atoms with Gasteiger partial charge >= 0.3 is 0 Å². The number of oxime groups is 1. The highest BCUT2D eigenvalue weighted by atomic mass is 16.4. The van der Waals surface area contributed by atoms with E-state index in [-0.39, 0.29) is 5.84 Å². The summed E-state index contributed by atoms with van der Waals surface area (Å²) in [5.74, 6) is 0.108. The fourth-order valence-corrected chi connectivity index (χ4v) is 2.28. The molecule has 3 aromatic rings. The summed E-state index contributed by atoms with van der Waals surface area (Å²) in [6, 6.07) is 15.6. The summed E-state index contributed by atoms with van der Waals surface area (Å²) in [4.78, 5) is 0. The summed E-state index contributed by atoms with van der Waals surface area (Å²) in [5.41, 5.74) is 8.44. The fourth-order valence-electron chi connectivity index (χ4n) is 2.28. The van der Waals surface area contributed by atoms with Crippen LogP contribution in [-0.4, -0.2) is 20.8 Å². The molecule has 100 valence electrons. The smallest absolute Gasteiger partial charge is 0.170 e. The van der Waals surface area contributed by atoms with E-state index in [1.165, 1.54) is 0 Å². The first kappa shape index (κ1) is 12.2. The van der Waals surface area contributed by atoms with Crippen LogP contribution in [0, 0.1) is 0 Å². The molecule has 2 aromatic carbocycles. The van der Waals surface area contributed by atoms with Crippen molar-refractivity contribution in [2.24, 2.45) is 10.9 Å². The van der Waals surface area contributed by atoms with Crippen molar-refractivity contribution < 1.29 is 5.21 Å². The number of para-hydroxylation sites is 1. The molecule has 3 rings (SSSR count). The molecule has 0 spiro atoms. The Kier molecular flexibility index (Phi) is 3.09. The number of rotatable bonds is 3. The third-order valence-electron chi connectivity index (χ3n) is 3.27. The molecule has 0 aliphatic heterocycles. The zero-order chi connectivity index (χ0) is 13.9. The van der Waals surface area contributed by atoms with Gasteiger partial charge in [-0.05, 0) is 11.6 Å². The molecule has 0 unspecified atom stereocenters. The quantitative estimate of drug-likeness (QED) is 0.330. The van der Waals surface area contributed by atoms with Gasteiger partial charge in [0.2, 0.25) is 0 Å². The second-order valence-electron chi connectivity index (χ2n) is 4.50. The van der Waals surface area contributed by atoms with Crippen molar-refractivity contribution in [1.29, 1.82) is 0 Å². The van der Waals surface area contributed by atoms with Gasteiger partial charge < -0.3 is 10.9 Å². The summed E-state index contributed by atoms with van der Waals surface area (Å²) in [5, 5.41) is 17.4. The van der Waals surface area contributed by atoms with Gasteiger partial charge in [0.05, 0.1) is 18.3 Å². The number of hydrogen-bond acceptors (Lipinski definition) is 3. The van der Waals surface area contributed by atoms with Crippen molar-refractivity contribution in [2.75, 3.05) is 0 Å². The van der Waals surface area contributed by atoms with E-state index in [4.69, 9.17) is 10.9 Å². The standard InChI is InChI=1S/C15H14N4O/c16-15(18-20)13-7-3-1-6-12(13)10-19-14-8-4-2-5-11(14)9-17-19/h1-9,20H,10H2,(H2,16,18). The van der Waals surface area contributed by atoms with E-state index in [1.807, 2.05) is 59.4 Å². The van der Waals surface area contributed by atoms with E-state index in [0.717, 1.165) is 22.0 Å². The van der Waals surface area contributed by atoms with Crippen LogP contribution in [-0.2, 0) is 6.54 Å². The van der Waals surface area contributed by atoms with Crippen molar-refractivity contribution in [2.45, 2.75) is 6.54 Å². The number of amidine groups is 1. The lowest BCUT2D eigenvalue weighted by Crippen LogP contribution is -2.17. The highest BCUT2D eigenvalue weighted by Crippen LogP contribution is 2.16. The topological polar surface area (TPSA) is 76.4 Å². The van der Waals surface area contributed by atoms with Crippen LogP contribution in [0.3, 0.4) is 0 Å². The van der Waals surface area contributed by atoms with Crippen LogP contribution in [0.15, 0.2) is 59.9 Å². The first-order valence-corrected chi connectivity index (χ1v) is 6.26. The molecule has 0 radical (unpaired) electrons. The van der Waals surface area contributed by atoms with Crippen molar-refractivity contribution >= 4 is 16.7 Å². The maximum Gasteiger partial charge on any atom is 0.170 e. The second kappa shape index (κ2) is 5.05. The number of nitrogens with two attached hydrogens (primary N) is 1. The summed E-state index contributed by atoms with van der Waals surface area (Å²) in [7, 11) is 0. The van der Waals surface area contributed by atoms with E-state index in [2.05, 4.69) is 10.3 Å². The molecule has 0 saturated carbocycles. The van der Waals surface area contributed by atoms with Gasteiger partial charge in [0.25, 0.3) is 0 Å². The average Bonchev–Trinajstić information content (AvgIpc) is 2.90. The summed E-state index contributed by atoms with van der Waals surface area (Å²) >= 11 is 0. The summed E-state index contributed by atoms with van der Waals surface area (Å²) in [6.07, 6.45) is 1.83. The molecular formula is C15H14N4O. The summed E-state index contributed by atoms with van der Waals surface area (Å²) in [6.45, 7) is 0.569. The lowest BCUT2D eigenvalue weighted by molar-refractivity contribution is 0.318. The molecule has 0 bridgehead atoms. The fraction of sp³-hybridized carbons (Fsp3) is 0.0667. The molecule has 0 saturated heterocycles. The highest BCUT2D eigenvalue weighted by molar-refractivity contribution is 5.98. The normalized spacial score (nSPS) is 11.9. The highest BCUT2D eigenvalue weighted by Gasteiger charge is 2.09. The maximum atomic E-state index is 8.85. The molecule has 1 heterocycles. The molecular weight excluding hydrogens is 252 g/mol. The third-order valence-corrected chi connectivity index (χ3v) is 3.27. The van der Waals surface area contributed by atoms with Crippen LogP contribution in [0.5, 0.6) is 0 Å². The van der Waals surface area contributed by atoms with Crippen molar-refractivity contribution in [1.82, 2.24) is 9.78 Å². The first-order chi connectivity index (χ1) is 9.79. The van der Waals surface area contributed by atoms with Gasteiger partial charge in [0.1, 0.15) is 0 Å². The van der Waals surface area contributed by atoms with Crippen molar-refractivity contribution in [3.05, 3.63) is 65.9 Å². The second-order valence-corrected chi connectivity index (χ2v) is 4.50. The van der Waals surface area contributed by atoms with Gasteiger partial charge in [-0.15, -0.1) is 0 Å². The number of benzene rings is 2. The zero-order valence-corrected chi connectivity index (χ0v) is 10.8. The first-order valence-electron chi connectivity index (χ1n) is 6.26. The lowest BCUT2D eigenvalue weighted by Gasteiger charge is -2.09. The van der Waals surface area contributed by atoms with Gasteiger partial charge in [-0.25, -0.2) is 0 Å². The van der Waals surface area contributed by atoms with E-state index >= 15 is 0 Å². The molecule has 0 atom stereocenters. The Balaban J connectivity index is 2.04. The van der Waals surface area contributed by atoms with Crippen LogP contribution in [0.4, 0.5) is 0 Å². The molecule has 0 fully saturated rings. The zero-order valence-electron chi connectivity index (χ0n) is 10.8. The molecule has 5 nitrogen and oxygen atoms in total. The largest absolute Gasteiger partial charge is 0.409 e. The lowest BCUT2D eigenvalue weighted by atomic mass is 10.1.